The summed E-state index contributed by atoms with van der Waals surface area (Å²) in [6, 6.07) is 0. The van der Waals surface area contributed by atoms with E-state index in [-0.39, 0.29) is 25.7 Å². The number of ether oxygens (including phenoxy) is 4. The summed E-state index contributed by atoms with van der Waals surface area (Å²) in [6.07, 6.45) is 84.1. The Morgan fingerprint density at radius 2 is 0.510 bits per heavy atom. The molecule has 0 aromatic rings. The molecule has 0 amide bonds. The molecular formula is C83H138O17P2. The molecule has 0 aliphatic carbocycles. The molecule has 0 aliphatic rings. The van der Waals surface area contributed by atoms with Crippen LogP contribution in [0.5, 0.6) is 0 Å². The number of rotatable bonds is 72. The van der Waals surface area contributed by atoms with Gasteiger partial charge in [-0.05, 0) is 167 Å². The number of aliphatic hydroxyl groups is 1. The molecular weight excluding hydrogens is 1330 g/mol. The van der Waals surface area contributed by atoms with Gasteiger partial charge in [0.25, 0.3) is 0 Å². The van der Waals surface area contributed by atoms with Crippen molar-refractivity contribution in [2.45, 2.75) is 316 Å². The SMILES string of the molecule is CC/C=C\C/C=C\C/C=C\C/C=C\C/C=C\CCCCCC(=O)OCC(COP(=O)(O)OCC(O)COP(=O)(O)OCC(COC(=O)CCCC/C=C\C/C=C\C/C=C\C/C=C\CC)OC(=O)CCCCCCC/C=C\C/C=C\CCCCC)OC(=O)CCCCCCC/C=C\CCCCCC. The molecule has 0 radical (unpaired) electrons. The second-order valence-corrected chi connectivity index (χ2v) is 28.4. The highest BCUT2D eigenvalue weighted by atomic mass is 31.2. The number of allylic oxidation sites excluding steroid dienone is 24. The van der Waals surface area contributed by atoms with Gasteiger partial charge in [0.15, 0.2) is 12.2 Å². The molecule has 582 valence electrons. The summed E-state index contributed by atoms with van der Waals surface area (Å²) < 4.78 is 68.5. The minimum Gasteiger partial charge on any atom is -0.462 e. The maximum atomic E-state index is 13.1. The molecule has 17 nitrogen and oxygen atoms in total. The lowest BCUT2D eigenvalue weighted by Gasteiger charge is -2.21. The van der Waals surface area contributed by atoms with Crippen LogP contribution in [0.1, 0.15) is 297 Å². The van der Waals surface area contributed by atoms with Crippen molar-refractivity contribution in [2.75, 3.05) is 39.6 Å². The molecule has 0 aromatic carbocycles. The quantitative estimate of drug-likeness (QED) is 0.0169. The van der Waals surface area contributed by atoms with Gasteiger partial charge in [-0.3, -0.25) is 37.3 Å². The van der Waals surface area contributed by atoms with Gasteiger partial charge in [-0.1, -0.05) is 251 Å². The van der Waals surface area contributed by atoms with E-state index in [4.69, 9.17) is 37.0 Å². The van der Waals surface area contributed by atoms with Crippen LogP contribution in [0.25, 0.3) is 0 Å². The number of carbonyl (C=O) groups excluding carboxylic acids is 4. The first-order valence-corrected chi connectivity index (χ1v) is 42.1. The zero-order chi connectivity index (χ0) is 74.6. The maximum absolute atomic E-state index is 13.1. The Morgan fingerprint density at radius 3 is 0.843 bits per heavy atom. The fourth-order valence-corrected chi connectivity index (χ4v) is 11.4. The van der Waals surface area contributed by atoms with Crippen LogP contribution in [0.15, 0.2) is 146 Å². The van der Waals surface area contributed by atoms with Crippen LogP contribution >= 0.6 is 15.6 Å². The van der Waals surface area contributed by atoms with Crippen LogP contribution in [0, 0.1) is 0 Å². The van der Waals surface area contributed by atoms with Gasteiger partial charge in [-0.2, -0.15) is 0 Å². The monoisotopic (exact) mass is 1470 g/mol. The molecule has 102 heavy (non-hydrogen) atoms. The zero-order valence-electron chi connectivity index (χ0n) is 63.5. The largest absolute Gasteiger partial charge is 0.472 e. The Balaban J connectivity index is 5.43. The molecule has 3 N–H and O–H groups in total. The average molecular weight is 1470 g/mol. The Morgan fingerprint density at radius 1 is 0.284 bits per heavy atom. The van der Waals surface area contributed by atoms with Gasteiger partial charge in [0.05, 0.1) is 26.4 Å². The standard InChI is InChI=1S/C83H138O17P2/c1-5-9-13-17-21-25-29-33-36-37-38-39-42-45-48-52-56-60-64-68-81(86)94-73-78(99-82(87)69-65-61-57-53-49-43-32-28-24-20-16-12-8-4)75-97-101(89,90)95-71-77(84)72-96-102(91,92)98-76-79(100-83(88)70-66-62-58-54-50-46-41-35-31-27-23-19-15-11-7-3)74-93-80(85)67-63-59-55-51-47-44-40-34-30-26-22-18-14-10-6-2/h9-10,13-14,21-23,25-28,32-36,38-41,45,47-48,51,77-79,84H,5-8,11-12,15-20,24,29-31,37,42-44,46,49-50,52-76H2,1-4H3,(H,89,90)(H,91,92)/b13-9-,14-10-,25-21-,26-22-,27-23-,32-28-,36-33-,39-38-,40-34-,41-35-,48-45-,51-47-. The Bertz CT molecular complexity index is 2510. The van der Waals surface area contributed by atoms with E-state index >= 15 is 0 Å². The second-order valence-electron chi connectivity index (χ2n) is 25.5. The van der Waals surface area contributed by atoms with Crippen LogP contribution < -0.4 is 0 Å². The van der Waals surface area contributed by atoms with Crippen LogP contribution in [0.4, 0.5) is 0 Å². The summed E-state index contributed by atoms with van der Waals surface area (Å²) in [5.74, 6) is -2.29. The number of esters is 4. The third-order valence-electron chi connectivity index (χ3n) is 15.8. The normalized spacial score (nSPS) is 14.7. The first-order chi connectivity index (χ1) is 49.7. The molecule has 0 fully saturated rings. The smallest absolute Gasteiger partial charge is 0.462 e. The number of carbonyl (C=O) groups is 4. The molecule has 0 heterocycles. The van der Waals surface area contributed by atoms with Crippen molar-refractivity contribution in [3.8, 4) is 0 Å². The van der Waals surface area contributed by atoms with Crippen molar-refractivity contribution in [3.05, 3.63) is 146 Å². The van der Waals surface area contributed by atoms with Crippen molar-refractivity contribution in [1.29, 1.82) is 0 Å². The zero-order valence-corrected chi connectivity index (χ0v) is 65.3. The van der Waals surface area contributed by atoms with E-state index < -0.39 is 97.5 Å². The Hall–Kier alpha value is -5.06. The topological polar surface area (TPSA) is 237 Å². The minimum atomic E-state index is -4.99. The first kappa shape index (κ1) is 96.9. The predicted octanol–water partition coefficient (Wildman–Crippen LogP) is 22.7. The summed E-state index contributed by atoms with van der Waals surface area (Å²) >= 11 is 0. The van der Waals surface area contributed by atoms with Gasteiger partial charge in [0.1, 0.15) is 19.3 Å². The van der Waals surface area contributed by atoms with Crippen LogP contribution in [0.2, 0.25) is 0 Å². The fourth-order valence-electron chi connectivity index (χ4n) is 9.85. The third-order valence-corrected chi connectivity index (χ3v) is 17.7. The van der Waals surface area contributed by atoms with Crippen LogP contribution in [-0.2, 0) is 65.4 Å². The lowest BCUT2D eigenvalue weighted by atomic mass is 10.1. The summed E-state index contributed by atoms with van der Waals surface area (Å²) in [4.78, 5) is 72.9. The summed E-state index contributed by atoms with van der Waals surface area (Å²) in [5.41, 5.74) is 0. The molecule has 0 rings (SSSR count). The van der Waals surface area contributed by atoms with Crippen molar-refractivity contribution in [3.63, 3.8) is 0 Å². The fraction of sp³-hybridized carbons (Fsp3) is 0.663. The highest BCUT2D eigenvalue weighted by molar-refractivity contribution is 7.47. The van der Waals surface area contributed by atoms with E-state index in [1.165, 1.54) is 44.9 Å². The number of aliphatic hydroxyl groups excluding tert-OH is 1. The highest BCUT2D eigenvalue weighted by Gasteiger charge is 2.30. The van der Waals surface area contributed by atoms with Gasteiger partial charge in [0, 0.05) is 25.7 Å². The lowest BCUT2D eigenvalue weighted by Crippen LogP contribution is -2.30. The van der Waals surface area contributed by atoms with Gasteiger partial charge < -0.3 is 33.8 Å². The van der Waals surface area contributed by atoms with Crippen LogP contribution in [-0.4, -0.2) is 96.7 Å². The molecule has 0 saturated heterocycles. The maximum Gasteiger partial charge on any atom is 0.472 e. The van der Waals surface area contributed by atoms with Gasteiger partial charge in [-0.15, -0.1) is 0 Å². The van der Waals surface area contributed by atoms with Crippen LogP contribution in [0.3, 0.4) is 0 Å². The molecule has 0 spiro atoms. The Labute approximate surface area is 617 Å². The number of phosphoric acid groups is 2. The van der Waals surface area contributed by atoms with E-state index in [0.717, 1.165) is 173 Å². The van der Waals surface area contributed by atoms with E-state index in [1.54, 1.807) is 0 Å². The third kappa shape index (κ3) is 73.3. The van der Waals surface area contributed by atoms with E-state index in [2.05, 4.69) is 174 Å². The van der Waals surface area contributed by atoms with E-state index in [0.29, 0.717) is 25.7 Å². The van der Waals surface area contributed by atoms with Crippen molar-refractivity contribution >= 4 is 39.5 Å². The minimum absolute atomic E-state index is 0.0653. The number of hydrogen-bond acceptors (Lipinski definition) is 15. The first-order valence-electron chi connectivity index (χ1n) is 39.1. The number of unbranched alkanes of at least 4 members (excludes halogenated alkanes) is 22. The molecule has 5 unspecified atom stereocenters. The van der Waals surface area contributed by atoms with E-state index in [1.807, 2.05) is 0 Å². The number of phosphoric ester groups is 2. The van der Waals surface area contributed by atoms with Gasteiger partial charge in [0.2, 0.25) is 0 Å². The summed E-state index contributed by atoms with van der Waals surface area (Å²) in [7, 11) is -9.99. The second kappa shape index (κ2) is 74.2. The molecule has 0 aliphatic heterocycles. The highest BCUT2D eigenvalue weighted by Crippen LogP contribution is 2.45. The molecule has 19 heteroatoms. The summed E-state index contributed by atoms with van der Waals surface area (Å²) in [6.45, 7) is 4.49. The number of hydrogen-bond donors (Lipinski definition) is 3. The predicted molar refractivity (Wildman–Crippen MR) is 417 cm³/mol. The molecule has 0 aromatic heterocycles. The average Bonchev–Trinajstić information content (AvgIpc) is 0.908. The van der Waals surface area contributed by atoms with Crippen molar-refractivity contribution in [2.24, 2.45) is 0 Å². The van der Waals surface area contributed by atoms with E-state index in [9.17, 15) is 43.2 Å². The molecule has 0 saturated carbocycles. The lowest BCUT2D eigenvalue weighted by molar-refractivity contribution is -0.161. The van der Waals surface area contributed by atoms with Gasteiger partial charge >= 0.3 is 39.5 Å². The summed E-state index contributed by atoms with van der Waals surface area (Å²) in [5, 5.41) is 10.6. The Kier molecular flexibility index (Phi) is 70.5. The molecule has 5 atom stereocenters. The van der Waals surface area contributed by atoms with Gasteiger partial charge in [-0.25, -0.2) is 9.13 Å². The van der Waals surface area contributed by atoms with Crippen molar-refractivity contribution in [1.82, 2.24) is 0 Å². The van der Waals surface area contributed by atoms with Crippen molar-refractivity contribution < 1.29 is 80.2 Å². The molecule has 0 bridgehead atoms.